The third-order valence-electron chi connectivity index (χ3n) is 2.90. The van der Waals surface area contributed by atoms with Gasteiger partial charge in [0.2, 0.25) is 5.91 Å². The van der Waals surface area contributed by atoms with Gasteiger partial charge in [0.15, 0.2) is 0 Å². The molecule has 0 fully saturated rings. The lowest BCUT2D eigenvalue weighted by Gasteiger charge is -2.16. The summed E-state index contributed by atoms with van der Waals surface area (Å²) in [4.78, 5) is 13.8. The fourth-order valence-corrected chi connectivity index (χ4v) is 2.42. The largest absolute Gasteiger partial charge is 0.341 e. The van der Waals surface area contributed by atoms with Crippen molar-refractivity contribution in [2.24, 2.45) is 0 Å². The SMILES string of the molecule is Cc1ccc(CC(=O)N(C)Cc2ccsc2)cc1. The number of rotatable bonds is 4. The first-order valence-electron chi connectivity index (χ1n) is 5.96. The maximum Gasteiger partial charge on any atom is 0.227 e. The van der Waals surface area contributed by atoms with Crippen LogP contribution in [0.4, 0.5) is 0 Å². The minimum absolute atomic E-state index is 0.157. The molecular formula is C15H17NOS. The molecule has 0 N–H and O–H groups in total. The molecule has 94 valence electrons. The molecule has 0 aliphatic rings. The number of hydrogen-bond acceptors (Lipinski definition) is 2. The van der Waals surface area contributed by atoms with Crippen molar-refractivity contribution in [3.63, 3.8) is 0 Å². The number of likely N-dealkylation sites (N-methyl/N-ethyl adjacent to an activating group) is 1. The van der Waals surface area contributed by atoms with Crippen LogP contribution in [0.3, 0.4) is 0 Å². The molecule has 1 aromatic heterocycles. The van der Waals surface area contributed by atoms with Gasteiger partial charge in [-0.05, 0) is 34.9 Å². The zero-order chi connectivity index (χ0) is 13.0. The molecule has 0 bridgehead atoms. The molecule has 0 aliphatic heterocycles. The van der Waals surface area contributed by atoms with Crippen LogP contribution < -0.4 is 0 Å². The Morgan fingerprint density at radius 1 is 1.17 bits per heavy atom. The van der Waals surface area contributed by atoms with E-state index in [9.17, 15) is 4.79 Å². The van der Waals surface area contributed by atoms with E-state index in [0.29, 0.717) is 13.0 Å². The molecule has 0 radical (unpaired) electrons. The quantitative estimate of drug-likeness (QED) is 0.825. The number of carbonyl (C=O) groups excluding carboxylic acids is 1. The summed E-state index contributed by atoms with van der Waals surface area (Å²) in [6, 6.07) is 10.2. The number of hydrogen-bond donors (Lipinski definition) is 0. The van der Waals surface area contributed by atoms with Crippen molar-refractivity contribution in [1.82, 2.24) is 4.90 Å². The lowest BCUT2D eigenvalue weighted by atomic mass is 10.1. The molecule has 18 heavy (non-hydrogen) atoms. The summed E-state index contributed by atoms with van der Waals surface area (Å²) in [6.45, 7) is 2.74. The minimum Gasteiger partial charge on any atom is -0.341 e. The van der Waals surface area contributed by atoms with Gasteiger partial charge in [0.05, 0.1) is 6.42 Å². The van der Waals surface area contributed by atoms with Gasteiger partial charge in [0, 0.05) is 13.6 Å². The Morgan fingerprint density at radius 3 is 2.50 bits per heavy atom. The van der Waals surface area contributed by atoms with Gasteiger partial charge in [-0.2, -0.15) is 11.3 Å². The third-order valence-corrected chi connectivity index (χ3v) is 3.63. The van der Waals surface area contributed by atoms with Crippen LogP contribution in [-0.2, 0) is 17.8 Å². The molecule has 0 atom stereocenters. The minimum atomic E-state index is 0.157. The number of thiophene rings is 1. The predicted octanol–water partition coefficient (Wildman–Crippen LogP) is 3.26. The van der Waals surface area contributed by atoms with Crippen LogP contribution in [0, 0.1) is 6.92 Å². The molecule has 1 heterocycles. The van der Waals surface area contributed by atoms with Crippen molar-refractivity contribution < 1.29 is 4.79 Å². The summed E-state index contributed by atoms with van der Waals surface area (Å²) in [7, 11) is 1.86. The van der Waals surface area contributed by atoms with Gasteiger partial charge < -0.3 is 4.90 Å². The topological polar surface area (TPSA) is 20.3 Å². The van der Waals surface area contributed by atoms with Gasteiger partial charge in [-0.1, -0.05) is 29.8 Å². The van der Waals surface area contributed by atoms with Crippen molar-refractivity contribution in [1.29, 1.82) is 0 Å². The number of nitrogens with zero attached hydrogens (tertiary/aromatic N) is 1. The number of amides is 1. The van der Waals surface area contributed by atoms with Crippen LogP contribution in [0.1, 0.15) is 16.7 Å². The number of benzene rings is 1. The molecule has 0 saturated heterocycles. The van der Waals surface area contributed by atoms with Crippen LogP contribution >= 0.6 is 11.3 Å². The first kappa shape index (κ1) is 12.8. The third kappa shape index (κ3) is 3.44. The van der Waals surface area contributed by atoms with E-state index in [1.165, 1.54) is 11.1 Å². The average molecular weight is 259 g/mol. The zero-order valence-corrected chi connectivity index (χ0v) is 11.5. The predicted molar refractivity (Wildman–Crippen MR) is 75.7 cm³/mol. The van der Waals surface area contributed by atoms with E-state index in [0.717, 1.165) is 5.56 Å². The zero-order valence-electron chi connectivity index (χ0n) is 10.7. The lowest BCUT2D eigenvalue weighted by molar-refractivity contribution is -0.129. The van der Waals surface area contributed by atoms with E-state index in [1.54, 1.807) is 16.2 Å². The monoisotopic (exact) mass is 259 g/mol. The molecule has 0 unspecified atom stereocenters. The van der Waals surface area contributed by atoms with E-state index >= 15 is 0 Å². The second-order valence-corrected chi connectivity index (χ2v) is 5.32. The first-order valence-corrected chi connectivity index (χ1v) is 6.90. The molecule has 3 heteroatoms. The summed E-state index contributed by atoms with van der Waals surface area (Å²) in [5, 5.41) is 4.11. The van der Waals surface area contributed by atoms with Gasteiger partial charge in [-0.15, -0.1) is 0 Å². The fraction of sp³-hybridized carbons (Fsp3) is 0.267. The fourth-order valence-electron chi connectivity index (χ4n) is 1.76. The molecule has 0 spiro atoms. The second kappa shape index (κ2) is 5.83. The molecule has 2 nitrogen and oxygen atoms in total. The van der Waals surface area contributed by atoms with Crippen molar-refractivity contribution in [3.05, 3.63) is 57.8 Å². The first-order chi connectivity index (χ1) is 8.65. The molecule has 1 aromatic carbocycles. The van der Waals surface area contributed by atoms with E-state index in [2.05, 4.69) is 11.4 Å². The Kier molecular flexibility index (Phi) is 4.15. The lowest BCUT2D eigenvalue weighted by Crippen LogP contribution is -2.27. The Morgan fingerprint density at radius 2 is 1.89 bits per heavy atom. The Bertz CT molecular complexity index is 502. The summed E-state index contributed by atoms with van der Waals surface area (Å²) in [6.07, 6.45) is 0.473. The highest BCUT2D eigenvalue weighted by atomic mass is 32.1. The van der Waals surface area contributed by atoms with Crippen molar-refractivity contribution in [2.75, 3.05) is 7.05 Å². The van der Waals surface area contributed by atoms with Gasteiger partial charge in [-0.3, -0.25) is 4.79 Å². The standard InChI is InChI=1S/C15H17NOS/c1-12-3-5-13(6-4-12)9-15(17)16(2)10-14-7-8-18-11-14/h3-8,11H,9-10H2,1-2H3. The van der Waals surface area contributed by atoms with Crippen LogP contribution in [0.25, 0.3) is 0 Å². The number of aryl methyl sites for hydroxylation is 1. The average Bonchev–Trinajstić information content (AvgIpc) is 2.85. The van der Waals surface area contributed by atoms with E-state index in [4.69, 9.17) is 0 Å². The smallest absolute Gasteiger partial charge is 0.227 e. The van der Waals surface area contributed by atoms with Crippen molar-refractivity contribution in [2.45, 2.75) is 19.9 Å². The van der Waals surface area contributed by atoms with Crippen LogP contribution in [0.2, 0.25) is 0 Å². The molecule has 2 rings (SSSR count). The van der Waals surface area contributed by atoms with Crippen molar-refractivity contribution in [3.8, 4) is 0 Å². The molecular weight excluding hydrogens is 242 g/mol. The van der Waals surface area contributed by atoms with Crippen LogP contribution in [0.15, 0.2) is 41.1 Å². The Hall–Kier alpha value is -1.61. The summed E-state index contributed by atoms with van der Waals surface area (Å²) in [5.74, 6) is 0.157. The highest BCUT2D eigenvalue weighted by Crippen LogP contribution is 2.10. The molecule has 1 amide bonds. The van der Waals surface area contributed by atoms with Crippen LogP contribution in [0.5, 0.6) is 0 Å². The van der Waals surface area contributed by atoms with Gasteiger partial charge in [-0.25, -0.2) is 0 Å². The number of carbonyl (C=O) groups is 1. The summed E-state index contributed by atoms with van der Waals surface area (Å²) in [5.41, 5.74) is 3.49. The highest BCUT2D eigenvalue weighted by molar-refractivity contribution is 7.07. The van der Waals surface area contributed by atoms with E-state index in [1.807, 2.05) is 43.6 Å². The maximum absolute atomic E-state index is 12.1. The van der Waals surface area contributed by atoms with Crippen molar-refractivity contribution >= 4 is 17.2 Å². The summed E-state index contributed by atoms with van der Waals surface area (Å²) < 4.78 is 0. The molecule has 0 saturated carbocycles. The van der Waals surface area contributed by atoms with E-state index < -0.39 is 0 Å². The maximum atomic E-state index is 12.1. The normalized spacial score (nSPS) is 10.3. The summed E-state index contributed by atoms with van der Waals surface area (Å²) >= 11 is 1.66. The van der Waals surface area contributed by atoms with Gasteiger partial charge in [0.25, 0.3) is 0 Å². The molecule has 0 aliphatic carbocycles. The highest BCUT2D eigenvalue weighted by Gasteiger charge is 2.10. The second-order valence-electron chi connectivity index (χ2n) is 4.54. The van der Waals surface area contributed by atoms with Crippen LogP contribution in [-0.4, -0.2) is 17.9 Å². The van der Waals surface area contributed by atoms with Gasteiger partial charge in [0.1, 0.15) is 0 Å². The Labute approximate surface area is 112 Å². The van der Waals surface area contributed by atoms with E-state index in [-0.39, 0.29) is 5.91 Å². The van der Waals surface area contributed by atoms with Gasteiger partial charge >= 0.3 is 0 Å². The molecule has 2 aromatic rings. The Balaban J connectivity index is 1.93.